The lowest BCUT2D eigenvalue weighted by molar-refractivity contribution is -0.596. The molecule has 2 aliphatic heterocycles. The molecule has 79 heavy (non-hydrogen) atoms. The lowest BCUT2D eigenvalue weighted by Gasteiger charge is -2.36. The van der Waals surface area contributed by atoms with Gasteiger partial charge in [0.25, 0.3) is 17.7 Å². The van der Waals surface area contributed by atoms with E-state index in [4.69, 9.17) is 14.2 Å². The van der Waals surface area contributed by atoms with Crippen LogP contribution in [0.15, 0.2) is 96.2 Å². The lowest BCUT2D eigenvalue weighted by atomic mass is 10.1. The summed E-state index contributed by atoms with van der Waals surface area (Å²) >= 11 is 0. The molecular formula is C53H49FN7O18+. The maximum absolute atomic E-state index is 15.7. The number of phenolic OH excluding ortho intramolecular Hbond substituents is 6. The second kappa shape index (κ2) is 22.3. The molecule has 1 aliphatic carbocycles. The Labute approximate surface area is 444 Å². The minimum atomic E-state index is -1.99. The largest absolute Gasteiger partial charge is 0.504 e. The molecule has 4 aromatic carbocycles. The number of piperazine rings is 1. The van der Waals surface area contributed by atoms with E-state index in [-0.39, 0.29) is 22.8 Å². The van der Waals surface area contributed by atoms with Crippen LogP contribution in [0.5, 0.6) is 34.5 Å². The zero-order chi connectivity index (χ0) is 56.4. The third-order valence-corrected chi connectivity index (χ3v) is 13.4. The summed E-state index contributed by atoms with van der Waals surface area (Å²) in [7, 11) is 0. The normalized spacial score (nSPS) is 18.3. The van der Waals surface area contributed by atoms with Gasteiger partial charge in [0.1, 0.15) is 31.2 Å². The number of halogens is 1. The number of pyridine rings is 2. The van der Waals surface area contributed by atoms with Gasteiger partial charge in [-0.1, -0.05) is 12.1 Å². The maximum Gasteiger partial charge on any atom is 0.341 e. The van der Waals surface area contributed by atoms with Gasteiger partial charge in [-0.3, -0.25) is 24.1 Å². The van der Waals surface area contributed by atoms with Crippen molar-refractivity contribution in [2.75, 3.05) is 50.9 Å². The molecular weight excluding hydrogens is 1040 g/mol. The number of hydrogen-bond acceptors (Lipinski definition) is 19. The van der Waals surface area contributed by atoms with Crippen LogP contribution in [-0.2, 0) is 35.1 Å². The van der Waals surface area contributed by atoms with E-state index in [2.05, 4.69) is 20.9 Å². The SMILES string of the molecule is O=C(NC1COC(=O)C(NC(=O)c2cccc(O)c2O)COC(=O)C(NC(=O)c2c(-[n+]3cccc(CN4CCN(c5cc6c(cc5F)c(=O)c(C(=O)O)cn6C5CC5)CC4)c3)ccc(O)c2O)COC1=O)c1cccc(O)c1O. The first-order chi connectivity index (χ1) is 37.8. The van der Waals surface area contributed by atoms with Gasteiger partial charge < -0.3 is 75.4 Å². The molecule has 0 bridgehead atoms. The number of carboxylic acid groups (broad SMARTS) is 1. The molecule has 410 valence electrons. The third-order valence-electron chi connectivity index (χ3n) is 13.4. The van der Waals surface area contributed by atoms with Crippen LogP contribution in [0.25, 0.3) is 16.6 Å². The number of aromatic hydroxyl groups is 6. The number of fused-ring (bicyclic) bond motifs is 1. The van der Waals surface area contributed by atoms with Crippen molar-refractivity contribution in [3.8, 4) is 40.2 Å². The molecule has 9 rings (SSSR count). The smallest absolute Gasteiger partial charge is 0.341 e. The van der Waals surface area contributed by atoms with E-state index in [0.717, 1.165) is 49.2 Å². The van der Waals surface area contributed by atoms with Gasteiger partial charge in [-0.25, -0.2) is 23.6 Å². The number of rotatable bonds is 12. The predicted octanol–water partition coefficient (Wildman–Crippen LogP) is 1.35. The number of ether oxygens (including phenoxy) is 3. The van der Waals surface area contributed by atoms with Crippen molar-refractivity contribution in [1.82, 2.24) is 25.4 Å². The Morgan fingerprint density at radius 3 is 1.70 bits per heavy atom. The number of esters is 3. The summed E-state index contributed by atoms with van der Waals surface area (Å²) in [6, 6.07) is 9.32. The standard InChI is InChI=1S/C53H48FN7O18/c54-32-18-30-37(61(27-9-10-27)22-31(43(30)65)50(72)73)19-38(32)59-16-14-58(15-17-59)20-26-4-3-13-60(21-26)36-11-12-41(64)46(68)42(36)49(71)57-35-25-79-52(75)33(55-47(69)28-5-1-7-39(62)44(28)66)23-77-51(74)34(24-78-53(35)76)56-48(70)29-6-2-8-40(63)45(29)67/h1-8,11-13,18-19,21-22,27,33-35H,9-10,14-17,20,23-25H2,(H9-,55,56,57,62,63,64,66,67,68,69,70,71,72,73)/p+1. The van der Waals surface area contributed by atoms with E-state index in [1.165, 1.54) is 35.2 Å². The van der Waals surface area contributed by atoms with Crippen LogP contribution in [-0.4, -0.2) is 151 Å². The fourth-order valence-corrected chi connectivity index (χ4v) is 9.02. The van der Waals surface area contributed by atoms with Crippen molar-refractivity contribution in [3.63, 3.8) is 0 Å². The summed E-state index contributed by atoms with van der Waals surface area (Å²) in [6.45, 7) is -1.14. The van der Waals surface area contributed by atoms with E-state index in [1.54, 1.807) is 29.0 Å². The molecule has 3 amide bonds. The number of nitrogens with zero attached hydrogens (tertiary/aromatic N) is 4. The van der Waals surface area contributed by atoms with E-state index >= 15 is 4.39 Å². The monoisotopic (exact) mass is 1090 g/mol. The highest BCUT2D eigenvalue weighted by Crippen LogP contribution is 2.39. The van der Waals surface area contributed by atoms with Gasteiger partial charge in [-0.15, -0.1) is 0 Å². The second-order valence-electron chi connectivity index (χ2n) is 18.7. The quantitative estimate of drug-likeness (QED) is 0.0358. The average molecular weight is 1090 g/mol. The average Bonchev–Trinajstić information content (AvgIpc) is 4.42. The summed E-state index contributed by atoms with van der Waals surface area (Å²) in [5.74, 6) is -14.7. The van der Waals surface area contributed by atoms with Crippen LogP contribution in [0.1, 0.15) is 65.9 Å². The van der Waals surface area contributed by atoms with Gasteiger partial charge in [0.2, 0.25) is 11.1 Å². The number of phenols is 6. The molecule has 25 nitrogen and oxygen atoms in total. The number of nitrogens with one attached hydrogen (secondary N) is 3. The van der Waals surface area contributed by atoms with Crippen molar-refractivity contribution >= 4 is 58.2 Å². The zero-order valence-electron chi connectivity index (χ0n) is 41.3. The van der Waals surface area contributed by atoms with E-state index in [0.29, 0.717) is 43.8 Å². The Morgan fingerprint density at radius 2 is 1.16 bits per heavy atom. The van der Waals surface area contributed by atoms with Gasteiger partial charge in [0.15, 0.2) is 70.6 Å². The number of carbonyl (C=O) groups excluding carboxylic acids is 6. The summed E-state index contributed by atoms with van der Waals surface area (Å²) in [5.41, 5.74) is -1.51. The number of aromatic nitrogens is 2. The highest BCUT2D eigenvalue weighted by molar-refractivity contribution is 6.03. The number of anilines is 1. The first-order valence-corrected chi connectivity index (χ1v) is 24.4. The Balaban J connectivity index is 0.932. The number of benzene rings is 4. The molecule has 0 spiro atoms. The Kier molecular flexibility index (Phi) is 15.2. The Hall–Kier alpha value is -9.98. The Morgan fingerprint density at radius 1 is 0.633 bits per heavy atom. The number of carboxylic acids is 1. The minimum absolute atomic E-state index is 0.00862. The minimum Gasteiger partial charge on any atom is -0.504 e. The highest BCUT2D eigenvalue weighted by Gasteiger charge is 2.37. The topological polar surface area (TPSA) is 357 Å². The summed E-state index contributed by atoms with van der Waals surface area (Å²) in [4.78, 5) is 111. The number of para-hydroxylation sites is 2. The number of hydrogen-bond donors (Lipinski definition) is 10. The predicted molar refractivity (Wildman–Crippen MR) is 268 cm³/mol. The van der Waals surface area contributed by atoms with Crippen molar-refractivity contribution < 1.29 is 92.5 Å². The van der Waals surface area contributed by atoms with Gasteiger partial charge in [0.05, 0.1) is 22.3 Å². The molecule has 10 N–H and O–H groups in total. The van der Waals surface area contributed by atoms with Crippen LogP contribution in [0.3, 0.4) is 0 Å². The van der Waals surface area contributed by atoms with Gasteiger partial charge in [-0.2, -0.15) is 4.57 Å². The molecule has 2 saturated heterocycles. The molecule has 3 atom stereocenters. The van der Waals surface area contributed by atoms with Crippen molar-refractivity contribution in [2.24, 2.45) is 0 Å². The number of aromatic carboxylic acids is 1. The summed E-state index contributed by atoms with van der Waals surface area (Å²) in [5, 5.41) is 78.8. The van der Waals surface area contributed by atoms with E-state index < -0.39 is 148 Å². The first kappa shape index (κ1) is 53.8. The fourth-order valence-electron chi connectivity index (χ4n) is 9.02. The molecule has 6 aromatic rings. The van der Waals surface area contributed by atoms with Crippen LogP contribution >= 0.6 is 0 Å². The van der Waals surface area contributed by atoms with Crippen LogP contribution < -0.4 is 30.8 Å². The fraction of sp³-hybridized carbons (Fsp3) is 0.264. The van der Waals surface area contributed by atoms with Crippen LogP contribution in [0.4, 0.5) is 10.1 Å². The van der Waals surface area contributed by atoms with E-state index in [9.17, 15) is 74.1 Å². The molecule has 3 unspecified atom stereocenters. The van der Waals surface area contributed by atoms with Gasteiger partial charge in [0, 0.05) is 68.0 Å². The molecule has 2 aromatic heterocycles. The molecule has 3 fully saturated rings. The molecule has 26 heteroatoms. The van der Waals surface area contributed by atoms with E-state index in [1.807, 2.05) is 4.90 Å². The molecule has 3 aliphatic rings. The number of cyclic esters (lactones) is 3. The van der Waals surface area contributed by atoms with Crippen molar-refractivity contribution in [3.05, 3.63) is 135 Å². The first-order valence-electron chi connectivity index (χ1n) is 24.4. The van der Waals surface area contributed by atoms with Gasteiger partial charge >= 0.3 is 23.9 Å². The lowest BCUT2D eigenvalue weighted by Crippen LogP contribution is -2.53. The van der Waals surface area contributed by atoms with Crippen LogP contribution in [0, 0.1) is 5.82 Å². The maximum atomic E-state index is 15.7. The number of amides is 3. The zero-order valence-corrected chi connectivity index (χ0v) is 41.3. The van der Waals surface area contributed by atoms with Gasteiger partial charge in [-0.05, 0) is 61.4 Å². The third kappa shape index (κ3) is 11.4. The highest BCUT2D eigenvalue weighted by atomic mass is 19.1. The number of carbonyl (C=O) groups is 7. The Bertz CT molecular complexity index is 3480. The molecule has 0 radical (unpaired) electrons. The van der Waals surface area contributed by atoms with Crippen molar-refractivity contribution in [1.29, 1.82) is 0 Å². The van der Waals surface area contributed by atoms with Crippen LogP contribution in [0.2, 0.25) is 0 Å². The second-order valence-corrected chi connectivity index (χ2v) is 18.7. The molecule has 1 saturated carbocycles. The summed E-state index contributed by atoms with van der Waals surface area (Å²) < 4.78 is 34.8. The molecule has 4 heterocycles. The van der Waals surface area contributed by atoms with Crippen molar-refractivity contribution in [2.45, 2.75) is 43.6 Å². The summed E-state index contributed by atoms with van der Waals surface area (Å²) in [6.07, 6.45) is 6.04.